The molecular weight excluding hydrogens is 721 g/mol. The van der Waals surface area contributed by atoms with Crippen LogP contribution in [0.5, 0.6) is 5.19 Å². The molecule has 2 saturated carbocycles. The van der Waals surface area contributed by atoms with Gasteiger partial charge in [0.2, 0.25) is 21.8 Å². The number of benzene rings is 2. The molecule has 3 amide bonds. The van der Waals surface area contributed by atoms with Crippen molar-refractivity contribution in [3.63, 3.8) is 0 Å². The van der Waals surface area contributed by atoms with Gasteiger partial charge in [0.05, 0.1) is 21.5 Å². The van der Waals surface area contributed by atoms with Crippen molar-refractivity contribution >= 4 is 78.2 Å². The third-order valence-corrected chi connectivity index (χ3v) is 13.7. The number of para-hydroxylation sites is 1. The fraction of sp³-hybridized carbons (Fsp3) is 0.486. The molecule has 266 valence electrons. The van der Waals surface area contributed by atoms with Crippen LogP contribution in [0.2, 0.25) is 10.0 Å². The molecule has 3 aromatic rings. The molecule has 0 bridgehead atoms. The Kier molecular flexibility index (Phi) is 9.55. The van der Waals surface area contributed by atoms with Gasteiger partial charge < -0.3 is 20.3 Å². The van der Waals surface area contributed by atoms with Gasteiger partial charge in [-0.3, -0.25) is 19.1 Å². The molecule has 0 unspecified atom stereocenters. The second-order valence-corrected chi connectivity index (χ2v) is 18.1. The molecule has 11 nitrogen and oxygen atoms in total. The number of nitrogens with one attached hydrogen (secondary N) is 3. The average molecular weight is 761 g/mol. The van der Waals surface area contributed by atoms with Gasteiger partial charge in [0.25, 0.3) is 11.1 Å². The monoisotopic (exact) mass is 759 g/mol. The zero-order valence-electron chi connectivity index (χ0n) is 27.5. The van der Waals surface area contributed by atoms with Crippen molar-refractivity contribution < 1.29 is 27.5 Å². The summed E-state index contributed by atoms with van der Waals surface area (Å²) in [6.45, 7) is 1.71. The number of carbonyl (C=O) groups is 3. The van der Waals surface area contributed by atoms with Crippen LogP contribution in [0.3, 0.4) is 0 Å². The van der Waals surface area contributed by atoms with Gasteiger partial charge in [-0.2, -0.15) is 0 Å². The Balaban J connectivity index is 1.19. The second-order valence-electron chi connectivity index (χ2n) is 14.0. The first kappa shape index (κ1) is 35.0. The lowest BCUT2D eigenvalue weighted by molar-refractivity contribution is -0.140. The summed E-state index contributed by atoms with van der Waals surface area (Å²) in [6.07, 6.45) is 8.33. The number of rotatable bonds is 7. The molecule has 0 spiro atoms. The van der Waals surface area contributed by atoms with Crippen molar-refractivity contribution in [3.05, 3.63) is 64.7 Å². The normalized spacial score (nSPS) is 28.1. The highest BCUT2D eigenvalue weighted by Gasteiger charge is 2.63. The number of ether oxygens (including phenoxy) is 1. The number of hydrogen-bond donors (Lipinski definition) is 3. The lowest BCUT2D eigenvalue weighted by Gasteiger charge is -2.30. The smallest absolute Gasteiger partial charge is 0.274 e. The topological polar surface area (TPSA) is 147 Å². The fourth-order valence-electron chi connectivity index (χ4n) is 6.83. The molecular formula is C35H39Cl2N5O6S2. The summed E-state index contributed by atoms with van der Waals surface area (Å²) in [5.74, 6) is -2.00. The zero-order valence-corrected chi connectivity index (χ0v) is 30.6. The predicted octanol–water partition coefficient (Wildman–Crippen LogP) is 5.83. The Morgan fingerprint density at radius 3 is 2.60 bits per heavy atom. The highest BCUT2D eigenvalue weighted by molar-refractivity contribution is 7.91. The van der Waals surface area contributed by atoms with Crippen molar-refractivity contribution in [1.29, 1.82) is 0 Å². The Morgan fingerprint density at radius 2 is 1.86 bits per heavy atom. The van der Waals surface area contributed by atoms with Gasteiger partial charge in [-0.25, -0.2) is 13.4 Å². The molecule has 50 heavy (non-hydrogen) atoms. The maximum absolute atomic E-state index is 14.5. The highest BCUT2D eigenvalue weighted by Crippen LogP contribution is 2.47. The number of hydrogen-bond acceptors (Lipinski definition) is 9. The van der Waals surface area contributed by atoms with Crippen LogP contribution in [0.25, 0.3) is 10.2 Å². The summed E-state index contributed by atoms with van der Waals surface area (Å²) >= 11 is 14.0. The average Bonchev–Trinajstić information content (AvgIpc) is 3.86. The van der Waals surface area contributed by atoms with Gasteiger partial charge in [0, 0.05) is 28.1 Å². The molecule has 2 aliphatic carbocycles. The van der Waals surface area contributed by atoms with Crippen LogP contribution in [-0.2, 0) is 24.4 Å². The van der Waals surface area contributed by atoms with E-state index in [0.717, 1.165) is 35.9 Å². The van der Waals surface area contributed by atoms with E-state index in [1.54, 1.807) is 25.1 Å². The van der Waals surface area contributed by atoms with Crippen LogP contribution in [0.1, 0.15) is 64.7 Å². The van der Waals surface area contributed by atoms with Gasteiger partial charge >= 0.3 is 0 Å². The van der Waals surface area contributed by atoms with Crippen LogP contribution in [0.15, 0.2) is 54.6 Å². The second kappa shape index (κ2) is 13.6. The summed E-state index contributed by atoms with van der Waals surface area (Å²) in [6, 6.07) is 10.9. The number of anilines is 1. The zero-order chi connectivity index (χ0) is 35.3. The third kappa shape index (κ3) is 7.19. The van der Waals surface area contributed by atoms with E-state index < -0.39 is 50.3 Å². The van der Waals surface area contributed by atoms with Gasteiger partial charge in [0.1, 0.15) is 23.7 Å². The quantitative estimate of drug-likeness (QED) is 0.255. The first-order chi connectivity index (χ1) is 23.9. The summed E-state index contributed by atoms with van der Waals surface area (Å²) in [5, 5.41) is 7.50. The SMILES string of the molecule is CC1(S(=O)(=O)NC(=O)[C@@]23C[C@H]2C=CCCCCC[C@H](Nc2cc(Cl)cc(Cl)c2)C(=O)N2C[C@H](Oc4nc5ccccc5s4)C[C@H]2C(=O)N3)CC1. The lowest BCUT2D eigenvalue weighted by atomic mass is 10.0. The molecule has 5 atom stereocenters. The van der Waals surface area contributed by atoms with Crippen molar-refractivity contribution in [2.75, 3.05) is 11.9 Å². The molecule has 1 saturated heterocycles. The summed E-state index contributed by atoms with van der Waals surface area (Å²) in [5.41, 5.74) is -0.0947. The molecule has 1 aromatic heterocycles. The molecule has 0 radical (unpaired) electrons. The molecule has 2 aliphatic heterocycles. The number of aromatic nitrogens is 1. The van der Waals surface area contributed by atoms with Crippen molar-refractivity contribution in [2.24, 2.45) is 5.92 Å². The number of sulfonamides is 1. The highest BCUT2D eigenvalue weighted by atomic mass is 35.5. The Hall–Kier alpha value is -3.39. The van der Waals surface area contributed by atoms with E-state index in [9.17, 15) is 22.8 Å². The minimum Gasteiger partial charge on any atom is -0.465 e. The van der Waals surface area contributed by atoms with Crippen molar-refractivity contribution in [2.45, 2.75) is 93.2 Å². The third-order valence-electron chi connectivity index (χ3n) is 10.2. The standard InChI is InChI=1S/C35H39Cl2N5O6S2/c1-34(13-14-34)50(46,47)41-32(45)35-19-21(35)9-5-3-2-4-6-11-27(38-24-16-22(36)15-23(37)17-24)31(44)42-20-25(18-28(42)30(43)40-35)48-33-39-26-10-7-8-12-29(26)49-33/h5,7-10,12,15-17,21,25,27-28,38H,2-4,6,11,13-14,18-20H2,1H3,(H,40,43)(H,41,45)/t21-,25-,27+,28+,35-/m1/s1. The largest absolute Gasteiger partial charge is 0.465 e. The van der Waals surface area contributed by atoms with E-state index in [4.69, 9.17) is 27.9 Å². The fourth-order valence-corrected chi connectivity index (χ4v) is 9.55. The van der Waals surface area contributed by atoms with Crippen LogP contribution < -0.4 is 20.1 Å². The number of amides is 3. The van der Waals surface area contributed by atoms with Crippen molar-refractivity contribution in [3.8, 4) is 5.19 Å². The summed E-state index contributed by atoms with van der Waals surface area (Å²) < 4.78 is 34.7. The lowest BCUT2D eigenvalue weighted by Crippen LogP contribution is -2.58. The van der Waals surface area contributed by atoms with Crippen molar-refractivity contribution in [1.82, 2.24) is 19.9 Å². The van der Waals surface area contributed by atoms with Crippen LogP contribution in [0.4, 0.5) is 5.69 Å². The van der Waals surface area contributed by atoms with Gasteiger partial charge in [-0.05, 0) is 75.8 Å². The number of allylic oxidation sites excluding steroid dienone is 1. The molecule has 7 rings (SSSR count). The Bertz CT molecular complexity index is 1910. The predicted molar refractivity (Wildman–Crippen MR) is 194 cm³/mol. The maximum Gasteiger partial charge on any atom is 0.274 e. The summed E-state index contributed by atoms with van der Waals surface area (Å²) in [7, 11) is -3.95. The molecule has 2 aromatic carbocycles. The van der Waals surface area contributed by atoms with Crippen LogP contribution in [-0.4, -0.2) is 71.0 Å². The van der Waals surface area contributed by atoms with E-state index in [2.05, 4.69) is 20.3 Å². The molecule has 3 N–H and O–H groups in total. The summed E-state index contributed by atoms with van der Waals surface area (Å²) in [4.78, 5) is 48.7. The first-order valence-electron chi connectivity index (χ1n) is 17.0. The van der Waals surface area contributed by atoms with E-state index in [-0.39, 0.29) is 31.2 Å². The van der Waals surface area contributed by atoms with Gasteiger partial charge in [-0.15, -0.1) is 0 Å². The number of carbonyl (C=O) groups excluding carboxylic acids is 3. The van der Waals surface area contributed by atoms with Gasteiger partial charge in [0.15, 0.2) is 0 Å². The van der Waals surface area contributed by atoms with E-state index in [0.29, 0.717) is 40.2 Å². The number of thiazole rings is 1. The van der Waals surface area contributed by atoms with Gasteiger partial charge in [-0.1, -0.05) is 71.7 Å². The maximum atomic E-state index is 14.5. The Labute approximate surface area is 305 Å². The first-order valence-corrected chi connectivity index (χ1v) is 20.0. The minimum atomic E-state index is -3.95. The van der Waals surface area contributed by atoms with Crippen LogP contribution in [0, 0.1) is 5.92 Å². The Morgan fingerprint density at radius 1 is 1.10 bits per heavy atom. The van der Waals surface area contributed by atoms with E-state index >= 15 is 0 Å². The molecule has 3 heterocycles. The number of nitrogens with zero attached hydrogens (tertiary/aromatic N) is 2. The van der Waals surface area contributed by atoms with Crippen LogP contribution >= 0.6 is 34.5 Å². The number of halogens is 2. The van der Waals surface area contributed by atoms with E-state index in [1.807, 2.05) is 36.4 Å². The minimum absolute atomic E-state index is 0.108. The number of fused-ring (bicyclic) bond motifs is 3. The molecule has 15 heteroatoms. The molecule has 4 aliphatic rings. The molecule has 3 fully saturated rings. The van der Waals surface area contributed by atoms with E-state index in [1.165, 1.54) is 16.2 Å².